The van der Waals surface area contributed by atoms with Gasteiger partial charge in [-0.25, -0.2) is 4.79 Å². The highest BCUT2D eigenvalue weighted by Gasteiger charge is 2.33. The molecule has 1 aliphatic rings. The SMILES string of the molecule is COCCN(c1ccc(C)cc1C(=O)O)C(C)C1CC1. The fraction of sp³-hybridized carbons (Fsp3) is 0.562. The number of rotatable bonds is 7. The summed E-state index contributed by atoms with van der Waals surface area (Å²) in [4.78, 5) is 13.7. The number of aromatic carboxylic acids is 1. The molecule has 20 heavy (non-hydrogen) atoms. The molecule has 0 aliphatic heterocycles. The van der Waals surface area contributed by atoms with Crippen molar-refractivity contribution in [1.29, 1.82) is 0 Å². The minimum Gasteiger partial charge on any atom is -0.478 e. The van der Waals surface area contributed by atoms with Crippen LogP contribution in [0.4, 0.5) is 5.69 Å². The molecule has 0 radical (unpaired) electrons. The Kier molecular flexibility index (Phi) is 4.65. The fourth-order valence-electron chi connectivity index (χ4n) is 2.64. The van der Waals surface area contributed by atoms with Gasteiger partial charge in [0.15, 0.2) is 0 Å². The highest BCUT2D eigenvalue weighted by molar-refractivity contribution is 5.94. The standard InChI is InChI=1S/C16H23NO3/c1-11-4-7-15(14(10-11)16(18)19)17(8-9-20-3)12(2)13-5-6-13/h4,7,10,12-13H,5-6,8-9H2,1-3H3,(H,18,19). The number of ether oxygens (including phenoxy) is 1. The first-order chi connectivity index (χ1) is 9.54. The third-order valence-electron chi connectivity index (χ3n) is 4.02. The summed E-state index contributed by atoms with van der Waals surface area (Å²) in [5.74, 6) is -0.191. The lowest BCUT2D eigenvalue weighted by Crippen LogP contribution is -2.38. The van der Waals surface area contributed by atoms with E-state index in [0.717, 1.165) is 17.8 Å². The minimum atomic E-state index is -0.867. The van der Waals surface area contributed by atoms with Crippen molar-refractivity contribution in [3.8, 4) is 0 Å². The first-order valence-electron chi connectivity index (χ1n) is 7.14. The van der Waals surface area contributed by atoms with Gasteiger partial charge in [-0.15, -0.1) is 0 Å². The number of aryl methyl sites for hydroxylation is 1. The number of methoxy groups -OCH3 is 1. The Morgan fingerprint density at radius 1 is 1.50 bits per heavy atom. The van der Waals surface area contributed by atoms with Crippen LogP contribution in [0, 0.1) is 12.8 Å². The lowest BCUT2D eigenvalue weighted by atomic mass is 10.1. The summed E-state index contributed by atoms with van der Waals surface area (Å²) in [7, 11) is 1.67. The Morgan fingerprint density at radius 3 is 2.75 bits per heavy atom. The first kappa shape index (κ1) is 14.9. The number of benzene rings is 1. The smallest absolute Gasteiger partial charge is 0.337 e. The normalized spacial score (nSPS) is 15.9. The van der Waals surface area contributed by atoms with E-state index in [9.17, 15) is 9.90 Å². The zero-order chi connectivity index (χ0) is 14.7. The second kappa shape index (κ2) is 6.27. The molecule has 2 rings (SSSR count). The van der Waals surface area contributed by atoms with E-state index in [1.807, 2.05) is 19.1 Å². The van der Waals surface area contributed by atoms with Gasteiger partial charge in [0.25, 0.3) is 0 Å². The van der Waals surface area contributed by atoms with E-state index in [2.05, 4.69) is 11.8 Å². The van der Waals surface area contributed by atoms with Crippen LogP contribution < -0.4 is 4.90 Å². The summed E-state index contributed by atoms with van der Waals surface area (Å²) in [6.45, 7) is 5.42. The molecule has 1 fully saturated rings. The van der Waals surface area contributed by atoms with E-state index >= 15 is 0 Å². The molecule has 1 aliphatic carbocycles. The Hall–Kier alpha value is -1.55. The van der Waals surface area contributed by atoms with Gasteiger partial charge in [0.1, 0.15) is 0 Å². The second-order valence-electron chi connectivity index (χ2n) is 5.59. The summed E-state index contributed by atoms with van der Waals surface area (Å²) in [6.07, 6.45) is 2.47. The molecule has 0 amide bonds. The zero-order valence-corrected chi connectivity index (χ0v) is 12.4. The number of nitrogens with zero attached hydrogens (tertiary/aromatic N) is 1. The molecule has 110 valence electrons. The van der Waals surface area contributed by atoms with Crippen LogP contribution in [0.5, 0.6) is 0 Å². The van der Waals surface area contributed by atoms with Crippen LogP contribution in [0.25, 0.3) is 0 Å². The first-order valence-corrected chi connectivity index (χ1v) is 7.14. The van der Waals surface area contributed by atoms with E-state index in [1.165, 1.54) is 12.8 Å². The van der Waals surface area contributed by atoms with Crippen molar-refractivity contribution in [2.75, 3.05) is 25.2 Å². The number of carboxylic acids is 1. The van der Waals surface area contributed by atoms with E-state index in [-0.39, 0.29) is 0 Å². The summed E-state index contributed by atoms with van der Waals surface area (Å²) in [6, 6.07) is 6.00. The molecule has 1 N–H and O–H groups in total. The van der Waals surface area contributed by atoms with Gasteiger partial charge in [-0.2, -0.15) is 0 Å². The zero-order valence-electron chi connectivity index (χ0n) is 12.4. The highest BCUT2D eigenvalue weighted by Crippen LogP contribution is 2.37. The molecule has 0 aromatic heterocycles. The summed E-state index contributed by atoms with van der Waals surface area (Å²) < 4.78 is 5.18. The third kappa shape index (κ3) is 3.31. The van der Waals surface area contributed by atoms with Crippen molar-refractivity contribution in [3.63, 3.8) is 0 Å². The van der Waals surface area contributed by atoms with Crippen LogP contribution in [0.3, 0.4) is 0 Å². The van der Waals surface area contributed by atoms with Crippen LogP contribution in [0.1, 0.15) is 35.7 Å². The molecule has 0 saturated heterocycles. The maximum atomic E-state index is 11.5. The molecule has 1 unspecified atom stereocenters. The maximum absolute atomic E-state index is 11.5. The van der Waals surface area contributed by atoms with Crippen molar-refractivity contribution in [3.05, 3.63) is 29.3 Å². The lowest BCUT2D eigenvalue weighted by molar-refractivity contribution is 0.0697. The van der Waals surface area contributed by atoms with E-state index < -0.39 is 5.97 Å². The molecule has 1 saturated carbocycles. The Morgan fingerprint density at radius 2 is 2.20 bits per heavy atom. The van der Waals surface area contributed by atoms with Crippen molar-refractivity contribution in [2.45, 2.75) is 32.7 Å². The molecule has 0 spiro atoms. The monoisotopic (exact) mass is 277 g/mol. The highest BCUT2D eigenvalue weighted by atomic mass is 16.5. The molecule has 1 aromatic rings. The van der Waals surface area contributed by atoms with Crippen LogP contribution in [-0.4, -0.2) is 37.4 Å². The quantitative estimate of drug-likeness (QED) is 0.832. The van der Waals surface area contributed by atoms with Crippen molar-refractivity contribution in [2.24, 2.45) is 5.92 Å². The number of carbonyl (C=O) groups is 1. The average molecular weight is 277 g/mol. The summed E-state index contributed by atoms with van der Waals surface area (Å²) in [5.41, 5.74) is 2.16. The van der Waals surface area contributed by atoms with Crippen molar-refractivity contribution in [1.82, 2.24) is 0 Å². The largest absolute Gasteiger partial charge is 0.478 e. The lowest BCUT2D eigenvalue weighted by Gasteiger charge is -2.32. The number of hydrogen-bond donors (Lipinski definition) is 1. The predicted octanol–water partition coefficient (Wildman–Crippen LogP) is 2.94. The van der Waals surface area contributed by atoms with Gasteiger partial charge in [-0.05, 0) is 44.7 Å². The second-order valence-corrected chi connectivity index (χ2v) is 5.59. The molecular weight excluding hydrogens is 254 g/mol. The van der Waals surface area contributed by atoms with Gasteiger partial charge in [-0.1, -0.05) is 11.6 Å². The van der Waals surface area contributed by atoms with Crippen LogP contribution in [0.2, 0.25) is 0 Å². The van der Waals surface area contributed by atoms with Gasteiger partial charge in [-0.3, -0.25) is 0 Å². The number of hydrogen-bond acceptors (Lipinski definition) is 3. The van der Waals surface area contributed by atoms with Crippen LogP contribution >= 0.6 is 0 Å². The van der Waals surface area contributed by atoms with Gasteiger partial charge >= 0.3 is 5.97 Å². The van der Waals surface area contributed by atoms with Crippen molar-refractivity contribution < 1.29 is 14.6 Å². The molecule has 1 atom stereocenters. The van der Waals surface area contributed by atoms with Gasteiger partial charge in [0, 0.05) is 19.7 Å². The third-order valence-corrected chi connectivity index (χ3v) is 4.02. The van der Waals surface area contributed by atoms with Crippen LogP contribution in [0.15, 0.2) is 18.2 Å². The molecular formula is C16H23NO3. The van der Waals surface area contributed by atoms with Gasteiger partial charge < -0.3 is 14.7 Å². The Labute approximate surface area is 120 Å². The van der Waals surface area contributed by atoms with Gasteiger partial charge in [0.2, 0.25) is 0 Å². The maximum Gasteiger partial charge on any atom is 0.337 e. The molecule has 0 heterocycles. The van der Waals surface area contributed by atoms with E-state index in [0.29, 0.717) is 24.1 Å². The Bertz CT molecular complexity index is 483. The predicted molar refractivity (Wildman–Crippen MR) is 79.5 cm³/mol. The summed E-state index contributed by atoms with van der Waals surface area (Å²) >= 11 is 0. The van der Waals surface area contributed by atoms with Gasteiger partial charge in [0.05, 0.1) is 17.9 Å². The Balaban J connectivity index is 2.33. The molecule has 4 nitrogen and oxygen atoms in total. The van der Waals surface area contributed by atoms with Crippen LogP contribution in [-0.2, 0) is 4.74 Å². The van der Waals surface area contributed by atoms with E-state index in [4.69, 9.17) is 4.74 Å². The topological polar surface area (TPSA) is 49.8 Å². The minimum absolute atomic E-state index is 0.353. The number of carboxylic acid groups (broad SMARTS) is 1. The molecule has 1 aromatic carbocycles. The average Bonchev–Trinajstić information content (AvgIpc) is 3.24. The summed E-state index contributed by atoms with van der Waals surface area (Å²) in [5, 5.41) is 9.44. The van der Waals surface area contributed by atoms with Crippen molar-refractivity contribution >= 4 is 11.7 Å². The number of anilines is 1. The van der Waals surface area contributed by atoms with E-state index in [1.54, 1.807) is 13.2 Å². The molecule has 4 heteroatoms. The molecule has 0 bridgehead atoms. The fourth-order valence-corrected chi connectivity index (χ4v) is 2.64.